The first kappa shape index (κ1) is 18.2. The number of piperidine rings is 1. The molecule has 0 aromatic heterocycles. The molecule has 0 unspecified atom stereocenters. The van der Waals surface area contributed by atoms with Gasteiger partial charge in [0, 0.05) is 25.7 Å². The van der Waals surface area contributed by atoms with Gasteiger partial charge < -0.3 is 10.1 Å². The maximum atomic E-state index is 12.8. The number of carbonyl (C=O) groups is 1. The number of carbonyl (C=O) groups excluding carboxylic acids is 1. The molecule has 1 aromatic carbocycles. The van der Waals surface area contributed by atoms with Crippen LogP contribution in [0.3, 0.4) is 0 Å². The highest BCUT2D eigenvalue weighted by Crippen LogP contribution is 2.17. The van der Waals surface area contributed by atoms with E-state index in [0.29, 0.717) is 12.4 Å². The summed E-state index contributed by atoms with van der Waals surface area (Å²) in [5.74, 6) is 0.187. The van der Waals surface area contributed by atoms with Gasteiger partial charge in [-0.3, -0.25) is 9.69 Å². The molecular formula is C18H24FN3O2. The second kappa shape index (κ2) is 8.11. The molecule has 5 nitrogen and oxygen atoms in total. The van der Waals surface area contributed by atoms with Crippen LogP contribution in [0.25, 0.3) is 0 Å². The number of nitriles is 1. The van der Waals surface area contributed by atoms with E-state index < -0.39 is 5.41 Å². The Balaban J connectivity index is 1.67. The molecule has 1 heterocycles. The minimum absolute atomic E-state index is 0.124. The molecule has 24 heavy (non-hydrogen) atoms. The van der Waals surface area contributed by atoms with Crippen LogP contribution in [0, 0.1) is 22.6 Å². The molecule has 1 amide bonds. The Labute approximate surface area is 142 Å². The molecule has 1 aliphatic heterocycles. The second-order valence-electron chi connectivity index (χ2n) is 6.63. The molecule has 1 fully saturated rings. The first-order valence-electron chi connectivity index (χ1n) is 8.23. The number of hydrogen-bond donors (Lipinski definition) is 1. The zero-order valence-corrected chi connectivity index (χ0v) is 14.2. The van der Waals surface area contributed by atoms with Crippen molar-refractivity contribution >= 4 is 5.91 Å². The van der Waals surface area contributed by atoms with Crippen LogP contribution in [-0.2, 0) is 4.79 Å². The molecule has 0 saturated carbocycles. The van der Waals surface area contributed by atoms with E-state index in [2.05, 4.69) is 10.2 Å². The smallest absolute Gasteiger partial charge is 0.240 e. The number of hydrogen-bond acceptors (Lipinski definition) is 4. The van der Waals surface area contributed by atoms with E-state index in [1.807, 2.05) is 6.07 Å². The number of likely N-dealkylation sites (tertiary alicyclic amines) is 1. The van der Waals surface area contributed by atoms with Gasteiger partial charge in [0.25, 0.3) is 0 Å². The van der Waals surface area contributed by atoms with Gasteiger partial charge >= 0.3 is 0 Å². The number of benzene rings is 1. The average molecular weight is 333 g/mol. The lowest BCUT2D eigenvalue weighted by Gasteiger charge is -2.33. The summed E-state index contributed by atoms with van der Waals surface area (Å²) in [4.78, 5) is 14.3. The average Bonchev–Trinajstić information content (AvgIpc) is 2.58. The largest absolute Gasteiger partial charge is 0.492 e. The van der Waals surface area contributed by atoms with Gasteiger partial charge in [0.1, 0.15) is 23.6 Å². The molecular weight excluding hydrogens is 309 g/mol. The SMILES string of the molecule is CC(C)(C#N)C(=O)NC1CCN(CCOc2ccc(F)cc2)CC1. The predicted molar refractivity (Wildman–Crippen MR) is 88.9 cm³/mol. The Kier molecular flexibility index (Phi) is 6.16. The van der Waals surface area contributed by atoms with Crippen molar-refractivity contribution in [1.29, 1.82) is 5.26 Å². The summed E-state index contributed by atoms with van der Waals surface area (Å²) in [7, 11) is 0. The van der Waals surface area contributed by atoms with Crippen LogP contribution in [0.1, 0.15) is 26.7 Å². The molecule has 0 bridgehead atoms. The normalized spacial score (nSPS) is 16.4. The second-order valence-corrected chi connectivity index (χ2v) is 6.63. The van der Waals surface area contributed by atoms with Crippen molar-refractivity contribution in [2.45, 2.75) is 32.7 Å². The van der Waals surface area contributed by atoms with Crippen LogP contribution in [0.2, 0.25) is 0 Å². The van der Waals surface area contributed by atoms with Gasteiger partial charge in [0.2, 0.25) is 5.91 Å². The van der Waals surface area contributed by atoms with Crippen molar-refractivity contribution in [1.82, 2.24) is 10.2 Å². The van der Waals surface area contributed by atoms with Crippen molar-refractivity contribution in [3.05, 3.63) is 30.1 Å². The molecule has 1 aliphatic rings. The minimum atomic E-state index is -0.986. The fourth-order valence-corrected chi connectivity index (χ4v) is 2.54. The standard InChI is InChI=1S/C18H24FN3O2/c1-18(2,13-20)17(23)21-15-7-9-22(10-8-15)11-12-24-16-5-3-14(19)4-6-16/h3-6,15H,7-12H2,1-2H3,(H,21,23). The van der Waals surface area contributed by atoms with Crippen LogP contribution < -0.4 is 10.1 Å². The van der Waals surface area contributed by atoms with Gasteiger partial charge in [-0.05, 0) is 51.0 Å². The summed E-state index contributed by atoms with van der Waals surface area (Å²) in [5, 5.41) is 12.0. The Morgan fingerprint density at radius 2 is 2.00 bits per heavy atom. The number of amides is 1. The number of halogens is 1. The van der Waals surface area contributed by atoms with Crippen LogP contribution in [0.5, 0.6) is 5.75 Å². The highest BCUT2D eigenvalue weighted by Gasteiger charge is 2.30. The third-order valence-electron chi connectivity index (χ3n) is 4.26. The zero-order valence-electron chi connectivity index (χ0n) is 14.2. The third kappa shape index (κ3) is 5.20. The Bertz CT molecular complexity index is 587. The summed E-state index contributed by atoms with van der Waals surface area (Å²) in [5.41, 5.74) is -0.986. The van der Waals surface area contributed by atoms with Crippen molar-refractivity contribution in [2.75, 3.05) is 26.2 Å². The summed E-state index contributed by atoms with van der Waals surface area (Å²) in [6.45, 7) is 6.36. The maximum absolute atomic E-state index is 12.8. The van der Waals surface area contributed by atoms with Gasteiger partial charge in [-0.2, -0.15) is 5.26 Å². The molecule has 1 aromatic rings. The monoisotopic (exact) mass is 333 g/mol. The van der Waals surface area contributed by atoms with Gasteiger partial charge in [-0.25, -0.2) is 4.39 Å². The lowest BCUT2D eigenvalue weighted by atomic mass is 9.93. The summed E-state index contributed by atoms with van der Waals surface area (Å²) in [6.07, 6.45) is 1.73. The predicted octanol–water partition coefficient (Wildman–Crippen LogP) is 2.33. The molecule has 2 rings (SSSR count). The summed E-state index contributed by atoms with van der Waals surface area (Å²) < 4.78 is 18.4. The maximum Gasteiger partial charge on any atom is 0.240 e. The van der Waals surface area contributed by atoms with Crippen LogP contribution in [0.4, 0.5) is 4.39 Å². The van der Waals surface area contributed by atoms with E-state index in [1.165, 1.54) is 12.1 Å². The van der Waals surface area contributed by atoms with E-state index >= 15 is 0 Å². The van der Waals surface area contributed by atoms with Crippen molar-refractivity contribution in [2.24, 2.45) is 5.41 Å². The quantitative estimate of drug-likeness (QED) is 0.868. The Hall–Kier alpha value is -2.13. The van der Waals surface area contributed by atoms with Gasteiger partial charge in [0.05, 0.1) is 6.07 Å². The van der Waals surface area contributed by atoms with Crippen molar-refractivity contribution < 1.29 is 13.9 Å². The molecule has 130 valence electrons. The van der Waals surface area contributed by atoms with Crippen molar-refractivity contribution in [3.8, 4) is 11.8 Å². The van der Waals surface area contributed by atoms with Gasteiger partial charge in [0.15, 0.2) is 0 Å². The molecule has 1 saturated heterocycles. The molecule has 1 N–H and O–H groups in total. The lowest BCUT2D eigenvalue weighted by molar-refractivity contribution is -0.127. The first-order chi connectivity index (χ1) is 11.4. The van der Waals surface area contributed by atoms with E-state index in [9.17, 15) is 9.18 Å². The van der Waals surface area contributed by atoms with E-state index in [1.54, 1.807) is 26.0 Å². The zero-order chi connectivity index (χ0) is 17.6. The first-order valence-corrected chi connectivity index (χ1v) is 8.23. The fourth-order valence-electron chi connectivity index (χ4n) is 2.54. The number of ether oxygens (including phenoxy) is 1. The van der Waals surface area contributed by atoms with Gasteiger partial charge in [-0.1, -0.05) is 0 Å². The fraction of sp³-hybridized carbons (Fsp3) is 0.556. The molecule has 0 spiro atoms. The van der Waals surface area contributed by atoms with E-state index in [4.69, 9.17) is 10.00 Å². The molecule has 0 radical (unpaired) electrons. The number of nitrogens with zero attached hydrogens (tertiary/aromatic N) is 2. The highest BCUT2D eigenvalue weighted by atomic mass is 19.1. The van der Waals surface area contributed by atoms with E-state index in [-0.39, 0.29) is 17.8 Å². The third-order valence-corrected chi connectivity index (χ3v) is 4.26. The number of rotatable bonds is 6. The lowest BCUT2D eigenvalue weighted by Crippen LogP contribution is -2.48. The Morgan fingerprint density at radius 3 is 2.58 bits per heavy atom. The number of nitrogens with one attached hydrogen (secondary N) is 1. The highest BCUT2D eigenvalue weighted by molar-refractivity contribution is 5.84. The van der Waals surface area contributed by atoms with Crippen LogP contribution >= 0.6 is 0 Å². The Morgan fingerprint density at radius 1 is 1.38 bits per heavy atom. The van der Waals surface area contributed by atoms with Crippen molar-refractivity contribution in [3.63, 3.8) is 0 Å². The topological polar surface area (TPSA) is 65.4 Å². The minimum Gasteiger partial charge on any atom is -0.492 e. The summed E-state index contributed by atoms with van der Waals surface area (Å²) >= 11 is 0. The van der Waals surface area contributed by atoms with E-state index in [0.717, 1.165) is 32.5 Å². The molecule has 0 aliphatic carbocycles. The summed E-state index contributed by atoms with van der Waals surface area (Å²) in [6, 6.07) is 8.15. The molecule has 6 heteroatoms. The van der Waals surface area contributed by atoms with Crippen LogP contribution in [0.15, 0.2) is 24.3 Å². The van der Waals surface area contributed by atoms with Gasteiger partial charge in [-0.15, -0.1) is 0 Å². The molecule has 0 atom stereocenters. The van der Waals surface area contributed by atoms with Crippen LogP contribution in [-0.4, -0.2) is 43.1 Å².